The fraction of sp³-hybridized carbons (Fsp3) is 0.417. The van der Waals surface area contributed by atoms with Crippen LogP contribution >= 0.6 is 11.3 Å². The molecule has 0 spiro atoms. The first-order chi connectivity index (χ1) is 8.50. The summed E-state index contributed by atoms with van der Waals surface area (Å²) < 4.78 is 0. The Labute approximate surface area is 110 Å². The predicted molar refractivity (Wildman–Crippen MR) is 70.7 cm³/mol. The number of hydrogen-bond donors (Lipinski definition) is 1. The van der Waals surface area contributed by atoms with Crippen molar-refractivity contribution >= 4 is 17.2 Å². The second kappa shape index (κ2) is 4.89. The van der Waals surface area contributed by atoms with E-state index in [1.807, 2.05) is 20.8 Å². The molecule has 2 heterocycles. The molecule has 1 unspecified atom stereocenters. The summed E-state index contributed by atoms with van der Waals surface area (Å²) in [6.07, 6.45) is 3.13. The summed E-state index contributed by atoms with van der Waals surface area (Å²) in [6.45, 7) is 6.00. The van der Waals surface area contributed by atoms with Crippen LogP contribution in [0.3, 0.4) is 0 Å². The zero-order valence-corrected chi connectivity index (χ0v) is 11.7. The lowest BCUT2D eigenvalue weighted by Gasteiger charge is -2.23. The number of H-pyrrole nitrogens is 1. The highest BCUT2D eigenvalue weighted by Gasteiger charge is 2.22. The Hall–Kier alpha value is -1.69. The monoisotopic (exact) mass is 264 g/mol. The molecule has 0 aliphatic carbocycles. The molecule has 0 radical (unpaired) electrons. The summed E-state index contributed by atoms with van der Waals surface area (Å²) >= 11 is 1.66. The minimum absolute atomic E-state index is 0.0441. The van der Waals surface area contributed by atoms with Crippen LogP contribution in [0.1, 0.15) is 38.9 Å². The fourth-order valence-corrected chi connectivity index (χ4v) is 2.77. The summed E-state index contributed by atoms with van der Waals surface area (Å²) in [5.74, 6) is -0.0543. The van der Waals surface area contributed by atoms with Gasteiger partial charge >= 0.3 is 0 Å². The Bertz CT molecular complexity index is 546. The van der Waals surface area contributed by atoms with Crippen molar-refractivity contribution in [2.24, 2.45) is 0 Å². The lowest BCUT2D eigenvalue weighted by atomic mass is 10.1. The fourth-order valence-electron chi connectivity index (χ4n) is 1.86. The highest BCUT2D eigenvalue weighted by Crippen LogP contribution is 2.26. The number of hydrogen-bond acceptors (Lipinski definition) is 4. The van der Waals surface area contributed by atoms with Crippen LogP contribution in [0.5, 0.6) is 0 Å². The highest BCUT2D eigenvalue weighted by atomic mass is 32.1. The molecule has 5 nitrogen and oxygen atoms in total. The van der Waals surface area contributed by atoms with Gasteiger partial charge in [0.25, 0.3) is 5.91 Å². The van der Waals surface area contributed by atoms with Gasteiger partial charge in [-0.1, -0.05) is 0 Å². The van der Waals surface area contributed by atoms with Gasteiger partial charge in [0.15, 0.2) is 0 Å². The first kappa shape index (κ1) is 12.8. The molecule has 0 saturated heterocycles. The maximum Gasteiger partial charge on any atom is 0.257 e. The molecule has 2 aromatic rings. The van der Waals surface area contributed by atoms with E-state index in [2.05, 4.69) is 15.2 Å². The van der Waals surface area contributed by atoms with Gasteiger partial charge in [0.2, 0.25) is 0 Å². The van der Waals surface area contributed by atoms with E-state index in [-0.39, 0.29) is 11.9 Å². The molecule has 0 aliphatic heterocycles. The minimum atomic E-state index is -0.0543. The molecule has 2 rings (SSSR count). The van der Waals surface area contributed by atoms with Gasteiger partial charge in [0.05, 0.1) is 28.5 Å². The van der Waals surface area contributed by atoms with Crippen molar-refractivity contribution in [3.63, 3.8) is 0 Å². The molecule has 6 heteroatoms. The summed E-state index contributed by atoms with van der Waals surface area (Å²) in [5, 5.41) is 7.47. The smallest absolute Gasteiger partial charge is 0.257 e. The van der Waals surface area contributed by atoms with Crippen molar-refractivity contribution < 1.29 is 4.79 Å². The topological polar surface area (TPSA) is 61.9 Å². The number of aromatic nitrogens is 3. The van der Waals surface area contributed by atoms with Crippen molar-refractivity contribution in [3.05, 3.63) is 33.5 Å². The van der Waals surface area contributed by atoms with Gasteiger partial charge in [-0.3, -0.25) is 9.89 Å². The molecule has 96 valence electrons. The predicted octanol–water partition coefficient (Wildman–Crippen LogP) is 2.32. The molecule has 0 bridgehead atoms. The molecule has 0 saturated carbocycles. The van der Waals surface area contributed by atoms with Crippen LogP contribution in [0, 0.1) is 13.8 Å². The first-order valence-electron chi connectivity index (χ1n) is 5.70. The average Bonchev–Trinajstić information content (AvgIpc) is 2.96. The molecule has 0 aliphatic rings. The van der Waals surface area contributed by atoms with E-state index in [1.54, 1.807) is 29.5 Å². The van der Waals surface area contributed by atoms with Gasteiger partial charge < -0.3 is 4.90 Å². The lowest BCUT2D eigenvalue weighted by molar-refractivity contribution is 0.0740. The quantitative estimate of drug-likeness (QED) is 0.925. The first-order valence-corrected chi connectivity index (χ1v) is 6.52. The van der Waals surface area contributed by atoms with E-state index in [0.29, 0.717) is 5.56 Å². The number of thiazole rings is 1. The second-order valence-electron chi connectivity index (χ2n) is 4.25. The molecule has 1 atom stereocenters. The molecule has 2 aromatic heterocycles. The number of nitrogens with zero attached hydrogens (tertiary/aromatic N) is 3. The van der Waals surface area contributed by atoms with Crippen molar-refractivity contribution in [3.8, 4) is 0 Å². The molecule has 18 heavy (non-hydrogen) atoms. The molecule has 1 N–H and O–H groups in total. The van der Waals surface area contributed by atoms with E-state index in [9.17, 15) is 4.79 Å². The van der Waals surface area contributed by atoms with Crippen LogP contribution in [-0.2, 0) is 0 Å². The van der Waals surface area contributed by atoms with Crippen molar-refractivity contribution in [2.45, 2.75) is 26.8 Å². The van der Waals surface area contributed by atoms with Crippen molar-refractivity contribution in [1.82, 2.24) is 20.1 Å². The molecular formula is C12H16N4OS. The normalized spacial score (nSPS) is 12.4. The van der Waals surface area contributed by atoms with Crippen LogP contribution < -0.4 is 0 Å². The number of aromatic amines is 1. The maximum atomic E-state index is 12.2. The van der Waals surface area contributed by atoms with Gasteiger partial charge in [-0.25, -0.2) is 4.98 Å². The van der Waals surface area contributed by atoms with Gasteiger partial charge in [-0.15, -0.1) is 11.3 Å². The van der Waals surface area contributed by atoms with E-state index in [1.165, 1.54) is 6.20 Å². The average molecular weight is 264 g/mol. The van der Waals surface area contributed by atoms with Gasteiger partial charge in [-0.05, 0) is 20.8 Å². The van der Waals surface area contributed by atoms with Crippen LogP contribution in [0.15, 0.2) is 12.4 Å². The Balaban J connectivity index is 2.21. The third kappa shape index (κ3) is 2.28. The van der Waals surface area contributed by atoms with E-state index >= 15 is 0 Å². The second-order valence-corrected chi connectivity index (χ2v) is 5.66. The number of nitrogens with one attached hydrogen (secondary N) is 1. The number of aryl methyl sites for hydroxylation is 2. The van der Waals surface area contributed by atoms with E-state index < -0.39 is 0 Å². The maximum absolute atomic E-state index is 12.2. The van der Waals surface area contributed by atoms with E-state index in [4.69, 9.17) is 0 Å². The lowest BCUT2D eigenvalue weighted by Crippen LogP contribution is -2.30. The Kier molecular flexibility index (Phi) is 3.47. The van der Waals surface area contributed by atoms with Crippen molar-refractivity contribution in [1.29, 1.82) is 0 Å². The Morgan fingerprint density at radius 3 is 2.72 bits per heavy atom. The van der Waals surface area contributed by atoms with Gasteiger partial charge in [-0.2, -0.15) is 5.10 Å². The number of rotatable bonds is 3. The molecule has 1 amide bonds. The van der Waals surface area contributed by atoms with Gasteiger partial charge in [0.1, 0.15) is 0 Å². The third-order valence-corrected chi connectivity index (χ3v) is 3.88. The van der Waals surface area contributed by atoms with Gasteiger partial charge in [0, 0.05) is 18.1 Å². The Morgan fingerprint density at radius 1 is 1.50 bits per heavy atom. The van der Waals surface area contributed by atoms with Crippen LogP contribution in [-0.4, -0.2) is 33.0 Å². The van der Waals surface area contributed by atoms with Crippen LogP contribution in [0.2, 0.25) is 0 Å². The molecule has 0 aromatic carbocycles. The number of amides is 1. The zero-order chi connectivity index (χ0) is 13.3. The van der Waals surface area contributed by atoms with Crippen molar-refractivity contribution in [2.75, 3.05) is 7.05 Å². The van der Waals surface area contributed by atoms with Crippen LogP contribution in [0.4, 0.5) is 0 Å². The minimum Gasteiger partial charge on any atom is -0.333 e. The molecular weight excluding hydrogens is 248 g/mol. The largest absolute Gasteiger partial charge is 0.333 e. The van der Waals surface area contributed by atoms with Crippen LogP contribution in [0.25, 0.3) is 0 Å². The third-order valence-electron chi connectivity index (χ3n) is 2.98. The number of carbonyl (C=O) groups excluding carboxylic acids is 1. The SMILES string of the molecule is Cc1nc(C(C)N(C)C(=O)c2cn[nH]c2)c(C)s1. The summed E-state index contributed by atoms with van der Waals surface area (Å²) in [6, 6.07) is -0.0441. The highest BCUT2D eigenvalue weighted by molar-refractivity contribution is 7.11. The summed E-state index contributed by atoms with van der Waals surface area (Å²) in [5.41, 5.74) is 1.53. The summed E-state index contributed by atoms with van der Waals surface area (Å²) in [4.78, 5) is 19.5. The summed E-state index contributed by atoms with van der Waals surface area (Å²) in [7, 11) is 1.79. The standard InChI is InChI=1S/C12H16N4OS/c1-7(11-8(2)18-9(3)15-11)16(4)12(17)10-5-13-14-6-10/h5-7H,1-4H3,(H,13,14). The van der Waals surface area contributed by atoms with E-state index in [0.717, 1.165) is 15.6 Å². The zero-order valence-electron chi connectivity index (χ0n) is 10.9. The Morgan fingerprint density at radius 2 is 2.22 bits per heavy atom. The number of carbonyl (C=O) groups is 1. The molecule has 0 fully saturated rings.